The number of rotatable bonds is 1. The van der Waals surface area contributed by atoms with Crippen LogP contribution in [0.4, 0.5) is 4.39 Å². The molecule has 6 heteroatoms. The van der Waals surface area contributed by atoms with Crippen LogP contribution in [-0.4, -0.2) is 17.6 Å². The van der Waals surface area contributed by atoms with E-state index in [0.717, 1.165) is 6.07 Å². The summed E-state index contributed by atoms with van der Waals surface area (Å²) in [6.45, 7) is 1.56. The number of halogens is 2. The lowest BCUT2D eigenvalue weighted by atomic mass is 9.91. The summed E-state index contributed by atoms with van der Waals surface area (Å²) in [6.07, 6.45) is 0. The Morgan fingerprint density at radius 3 is 2.94 bits per heavy atom. The molecule has 0 amide bonds. The third kappa shape index (κ3) is 1.71. The minimum Gasteiger partial charge on any atom is -0.483 e. The molecule has 4 nitrogen and oxygen atoms in total. The molecular formula is C10H9ClFNO3. The summed E-state index contributed by atoms with van der Waals surface area (Å²) in [6, 6.07) is 1.80. The van der Waals surface area contributed by atoms with Gasteiger partial charge in [0.2, 0.25) is 0 Å². The molecule has 86 valence electrons. The van der Waals surface area contributed by atoms with Gasteiger partial charge in [0.25, 0.3) is 6.04 Å². The van der Waals surface area contributed by atoms with Gasteiger partial charge in [0, 0.05) is 15.5 Å². The Hall–Kier alpha value is -1.36. The van der Waals surface area contributed by atoms with Crippen LogP contribution in [0.1, 0.15) is 18.4 Å². The molecule has 0 N–H and O–H groups in total. The molecule has 2 rings (SSSR count). The number of hydrogen-bond acceptors (Lipinski definition) is 3. The van der Waals surface area contributed by atoms with Crippen LogP contribution in [0.2, 0.25) is 5.02 Å². The zero-order chi connectivity index (χ0) is 11.9. The Kier molecular flexibility index (Phi) is 2.71. The molecule has 1 aliphatic heterocycles. The van der Waals surface area contributed by atoms with E-state index >= 15 is 0 Å². The van der Waals surface area contributed by atoms with Crippen molar-refractivity contribution in [1.29, 1.82) is 0 Å². The smallest absolute Gasteiger partial charge is 0.253 e. The van der Waals surface area contributed by atoms with Crippen molar-refractivity contribution in [1.82, 2.24) is 0 Å². The molecule has 0 radical (unpaired) electrons. The van der Waals surface area contributed by atoms with Gasteiger partial charge in [0.1, 0.15) is 0 Å². The Morgan fingerprint density at radius 2 is 2.31 bits per heavy atom. The number of ether oxygens (including phenoxy) is 1. The molecule has 0 spiro atoms. The molecule has 0 saturated heterocycles. The maximum Gasteiger partial charge on any atom is 0.253 e. The van der Waals surface area contributed by atoms with Gasteiger partial charge in [-0.1, -0.05) is 18.5 Å². The summed E-state index contributed by atoms with van der Waals surface area (Å²) in [5.41, 5.74) is 0.456. The van der Waals surface area contributed by atoms with Crippen LogP contribution in [0.3, 0.4) is 0 Å². The summed E-state index contributed by atoms with van der Waals surface area (Å²) in [5.74, 6) is -0.905. The number of hydrogen-bond donors (Lipinski definition) is 0. The molecule has 0 aliphatic carbocycles. The lowest BCUT2D eigenvalue weighted by Crippen LogP contribution is -2.36. The van der Waals surface area contributed by atoms with E-state index in [2.05, 4.69) is 0 Å². The van der Waals surface area contributed by atoms with E-state index in [1.54, 1.807) is 6.92 Å². The number of benzene rings is 1. The van der Waals surface area contributed by atoms with Crippen molar-refractivity contribution >= 4 is 11.6 Å². The fourth-order valence-electron chi connectivity index (χ4n) is 1.83. The molecule has 1 aliphatic rings. The van der Waals surface area contributed by atoms with Crippen molar-refractivity contribution in [3.05, 3.63) is 38.7 Å². The van der Waals surface area contributed by atoms with E-state index in [-0.39, 0.29) is 17.4 Å². The lowest BCUT2D eigenvalue weighted by Gasteiger charge is -2.26. The second-order valence-corrected chi connectivity index (χ2v) is 4.19. The van der Waals surface area contributed by atoms with Gasteiger partial charge in [-0.15, -0.1) is 0 Å². The number of fused-ring (bicyclic) bond motifs is 1. The van der Waals surface area contributed by atoms with Gasteiger partial charge >= 0.3 is 0 Å². The normalized spacial score (nSPS) is 23.4. The SMILES string of the molecule is CC1c2cc(Cl)cc(F)c2OCC1[N+](=O)[O-]. The van der Waals surface area contributed by atoms with Crippen molar-refractivity contribution in [2.75, 3.05) is 6.61 Å². The maximum absolute atomic E-state index is 13.5. The summed E-state index contributed by atoms with van der Waals surface area (Å²) in [7, 11) is 0. The van der Waals surface area contributed by atoms with Crippen molar-refractivity contribution in [2.24, 2.45) is 0 Å². The van der Waals surface area contributed by atoms with Crippen LogP contribution in [0.5, 0.6) is 5.75 Å². The molecule has 0 fully saturated rings. The van der Waals surface area contributed by atoms with Gasteiger partial charge in [-0.25, -0.2) is 4.39 Å². The number of nitrogens with zero attached hydrogens (tertiary/aromatic N) is 1. The molecule has 16 heavy (non-hydrogen) atoms. The third-order valence-corrected chi connectivity index (χ3v) is 2.99. The van der Waals surface area contributed by atoms with E-state index in [1.807, 2.05) is 0 Å². The van der Waals surface area contributed by atoms with E-state index in [4.69, 9.17) is 16.3 Å². The van der Waals surface area contributed by atoms with Crippen LogP contribution in [0.25, 0.3) is 0 Å². The predicted octanol–water partition coefficient (Wildman–Crippen LogP) is 2.62. The second kappa shape index (κ2) is 3.90. The second-order valence-electron chi connectivity index (χ2n) is 3.76. The van der Waals surface area contributed by atoms with Gasteiger partial charge in [-0.2, -0.15) is 0 Å². The molecule has 2 unspecified atom stereocenters. The maximum atomic E-state index is 13.5. The minimum atomic E-state index is -0.856. The highest BCUT2D eigenvalue weighted by Gasteiger charge is 2.37. The largest absolute Gasteiger partial charge is 0.483 e. The average molecular weight is 246 g/mol. The third-order valence-electron chi connectivity index (χ3n) is 2.77. The predicted molar refractivity (Wildman–Crippen MR) is 56.1 cm³/mol. The first-order valence-electron chi connectivity index (χ1n) is 4.76. The Balaban J connectivity index is 2.48. The molecule has 0 aromatic heterocycles. The van der Waals surface area contributed by atoms with Crippen LogP contribution in [0, 0.1) is 15.9 Å². The molecule has 0 bridgehead atoms. The van der Waals surface area contributed by atoms with Gasteiger partial charge in [-0.3, -0.25) is 10.1 Å². The van der Waals surface area contributed by atoms with Crippen molar-refractivity contribution in [2.45, 2.75) is 18.9 Å². The first-order chi connectivity index (χ1) is 7.50. The van der Waals surface area contributed by atoms with E-state index in [1.165, 1.54) is 6.07 Å². The van der Waals surface area contributed by atoms with Crippen molar-refractivity contribution < 1.29 is 14.1 Å². The van der Waals surface area contributed by atoms with Gasteiger partial charge < -0.3 is 4.74 Å². The summed E-state index contributed by atoms with van der Waals surface area (Å²) >= 11 is 5.71. The zero-order valence-corrected chi connectivity index (χ0v) is 9.20. The zero-order valence-electron chi connectivity index (χ0n) is 8.44. The van der Waals surface area contributed by atoms with Crippen molar-refractivity contribution in [3.8, 4) is 5.75 Å². The Bertz CT molecular complexity index is 452. The first kappa shape index (κ1) is 11.1. The lowest BCUT2D eigenvalue weighted by molar-refractivity contribution is -0.529. The highest BCUT2D eigenvalue weighted by atomic mass is 35.5. The average Bonchev–Trinajstić information content (AvgIpc) is 2.19. The topological polar surface area (TPSA) is 52.4 Å². The molecule has 1 heterocycles. The number of nitro groups is 1. The minimum absolute atomic E-state index is 0.0787. The summed E-state index contributed by atoms with van der Waals surface area (Å²) in [5, 5.41) is 11.0. The standard InChI is InChI=1S/C10H9ClFNO3/c1-5-7-2-6(11)3-8(12)10(7)16-4-9(5)13(14)15/h2-3,5,9H,4H2,1H3. The molecule has 1 aromatic carbocycles. The fraction of sp³-hybridized carbons (Fsp3) is 0.400. The van der Waals surface area contributed by atoms with Crippen LogP contribution < -0.4 is 4.74 Å². The van der Waals surface area contributed by atoms with E-state index in [0.29, 0.717) is 5.56 Å². The van der Waals surface area contributed by atoms with Crippen molar-refractivity contribution in [3.63, 3.8) is 0 Å². The Labute approximate surface area is 96.1 Å². The van der Waals surface area contributed by atoms with Crippen LogP contribution >= 0.6 is 11.6 Å². The molecule has 2 atom stereocenters. The van der Waals surface area contributed by atoms with Gasteiger partial charge in [0.05, 0.1) is 5.92 Å². The Morgan fingerprint density at radius 1 is 1.62 bits per heavy atom. The quantitative estimate of drug-likeness (QED) is 0.565. The molecular weight excluding hydrogens is 237 g/mol. The van der Waals surface area contributed by atoms with Gasteiger partial charge in [0.15, 0.2) is 18.2 Å². The summed E-state index contributed by atoms with van der Waals surface area (Å²) < 4.78 is 18.5. The van der Waals surface area contributed by atoms with E-state index < -0.39 is 22.7 Å². The fourth-order valence-corrected chi connectivity index (χ4v) is 2.05. The molecule has 1 aromatic rings. The van der Waals surface area contributed by atoms with Crippen LogP contribution in [-0.2, 0) is 0 Å². The van der Waals surface area contributed by atoms with Gasteiger partial charge in [-0.05, 0) is 12.1 Å². The first-order valence-corrected chi connectivity index (χ1v) is 5.13. The monoisotopic (exact) mass is 245 g/mol. The van der Waals surface area contributed by atoms with E-state index in [9.17, 15) is 14.5 Å². The highest BCUT2D eigenvalue weighted by Crippen LogP contribution is 2.38. The molecule has 0 saturated carbocycles. The highest BCUT2D eigenvalue weighted by molar-refractivity contribution is 6.30. The summed E-state index contributed by atoms with van der Waals surface area (Å²) in [4.78, 5) is 10.3. The van der Waals surface area contributed by atoms with Crippen LogP contribution in [0.15, 0.2) is 12.1 Å².